The standard InChI is InChI=1S/C31H26ClNO5/c1-2-36-30-18-23(8-17-29(30)37-20-22-6-4-3-5-7-22)19-33-27-15-11-25(12-16-27)31(35)38-21-28(34)24-9-13-26(32)14-10-24/h3-19H,2,20-21H2,1H3. The highest BCUT2D eigenvalue weighted by molar-refractivity contribution is 6.30. The van der Waals surface area contributed by atoms with Gasteiger partial charge in [0.15, 0.2) is 23.9 Å². The summed E-state index contributed by atoms with van der Waals surface area (Å²) < 4.78 is 16.9. The lowest BCUT2D eigenvalue weighted by molar-refractivity contribution is 0.0475. The molecule has 0 saturated carbocycles. The fourth-order valence-corrected chi connectivity index (χ4v) is 3.62. The Kier molecular flexibility index (Phi) is 9.27. The maximum atomic E-state index is 12.3. The summed E-state index contributed by atoms with van der Waals surface area (Å²) in [5, 5.41) is 0.529. The number of carbonyl (C=O) groups is 2. The SMILES string of the molecule is CCOc1cc(C=Nc2ccc(C(=O)OCC(=O)c3ccc(Cl)cc3)cc2)ccc1OCc1ccccc1. The summed E-state index contributed by atoms with van der Waals surface area (Å²) >= 11 is 5.83. The third-order valence-electron chi connectivity index (χ3n) is 5.47. The van der Waals surface area contributed by atoms with Gasteiger partial charge in [-0.15, -0.1) is 0 Å². The maximum absolute atomic E-state index is 12.3. The van der Waals surface area contributed by atoms with Gasteiger partial charge >= 0.3 is 5.97 Å². The third-order valence-corrected chi connectivity index (χ3v) is 5.72. The zero-order chi connectivity index (χ0) is 26.7. The predicted octanol–water partition coefficient (Wildman–Crippen LogP) is 7.11. The second-order valence-corrected chi connectivity index (χ2v) is 8.66. The van der Waals surface area contributed by atoms with E-state index in [0.29, 0.717) is 46.5 Å². The Morgan fingerprint density at radius 1 is 0.816 bits per heavy atom. The lowest BCUT2D eigenvalue weighted by Crippen LogP contribution is -2.14. The third kappa shape index (κ3) is 7.54. The summed E-state index contributed by atoms with van der Waals surface area (Å²) in [6.07, 6.45) is 1.71. The van der Waals surface area contributed by atoms with E-state index in [2.05, 4.69) is 4.99 Å². The molecule has 0 unspecified atom stereocenters. The highest BCUT2D eigenvalue weighted by Crippen LogP contribution is 2.29. The Bertz CT molecular complexity index is 1400. The molecule has 0 atom stereocenters. The molecule has 0 aliphatic heterocycles. The molecule has 6 nitrogen and oxygen atoms in total. The van der Waals surface area contributed by atoms with E-state index in [-0.39, 0.29) is 12.4 Å². The van der Waals surface area contributed by atoms with Crippen molar-refractivity contribution < 1.29 is 23.8 Å². The van der Waals surface area contributed by atoms with Crippen LogP contribution in [0.4, 0.5) is 5.69 Å². The molecule has 0 bridgehead atoms. The van der Waals surface area contributed by atoms with Crippen LogP contribution in [-0.2, 0) is 11.3 Å². The largest absolute Gasteiger partial charge is 0.490 e. The van der Waals surface area contributed by atoms with Gasteiger partial charge in [-0.1, -0.05) is 41.9 Å². The van der Waals surface area contributed by atoms with Crippen LogP contribution in [0.15, 0.2) is 102 Å². The molecule has 0 radical (unpaired) electrons. The summed E-state index contributed by atoms with van der Waals surface area (Å²) in [6, 6.07) is 28.6. The number of aliphatic imine (C=N–C) groups is 1. The van der Waals surface area contributed by atoms with Gasteiger partial charge in [-0.25, -0.2) is 4.79 Å². The van der Waals surface area contributed by atoms with Gasteiger partial charge in [-0.05, 0) is 84.8 Å². The highest BCUT2D eigenvalue weighted by atomic mass is 35.5. The van der Waals surface area contributed by atoms with Crippen molar-refractivity contribution in [2.45, 2.75) is 13.5 Å². The second kappa shape index (κ2) is 13.2. The van der Waals surface area contributed by atoms with Crippen LogP contribution in [0.1, 0.15) is 38.8 Å². The van der Waals surface area contributed by atoms with Crippen molar-refractivity contribution in [3.05, 3.63) is 124 Å². The lowest BCUT2D eigenvalue weighted by Gasteiger charge is -2.12. The molecule has 0 saturated heterocycles. The number of ketones is 1. The quantitative estimate of drug-likeness (QED) is 0.118. The molecule has 0 N–H and O–H groups in total. The molecule has 0 fully saturated rings. The fraction of sp³-hybridized carbons (Fsp3) is 0.129. The zero-order valence-corrected chi connectivity index (χ0v) is 21.6. The molecule has 4 aromatic rings. The smallest absolute Gasteiger partial charge is 0.338 e. The van der Waals surface area contributed by atoms with Gasteiger partial charge in [0.05, 0.1) is 17.9 Å². The normalized spacial score (nSPS) is 10.8. The van der Waals surface area contributed by atoms with Crippen LogP contribution in [0.25, 0.3) is 0 Å². The number of nitrogens with zero attached hydrogens (tertiary/aromatic N) is 1. The van der Waals surface area contributed by atoms with Gasteiger partial charge in [0.25, 0.3) is 0 Å². The minimum absolute atomic E-state index is 0.306. The van der Waals surface area contributed by atoms with Crippen LogP contribution in [0, 0.1) is 0 Å². The molecular formula is C31H26ClNO5. The van der Waals surface area contributed by atoms with E-state index < -0.39 is 5.97 Å². The van der Waals surface area contributed by atoms with E-state index in [0.717, 1.165) is 11.1 Å². The first-order valence-corrected chi connectivity index (χ1v) is 12.4. The van der Waals surface area contributed by atoms with Crippen molar-refractivity contribution in [3.8, 4) is 11.5 Å². The second-order valence-electron chi connectivity index (χ2n) is 8.22. The lowest BCUT2D eigenvalue weighted by atomic mass is 10.1. The molecule has 0 aliphatic carbocycles. The molecule has 0 spiro atoms. The molecule has 0 aliphatic rings. The number of hydrogen-bond donors (Lipinski definition) is 0. The first-order chi connectivity index (χ1) is 18.5. The number of carbonyl (C=O) groups excluding carboxylic acids is 2. The number of hydrogen-bond acceptors (Lipinski definition) is 6. The Morgan fingerprint density at radius 3 is 2.24 bits per heavy atom. The number of rotatable bonds is 11. The Morgan fingerprint density at radius 2 is 1.53 bits per heavy atom. The average molecular weight is 528 g/mol. The Labute approximate surface area is 226 Å². The van der Waals surface area contributed by atoms with Gasteiger partial charge in [0, 0.05) is 16.8 Å². The van der Waals surface area contributed by atoms with E-state index in [1.165, 1.54) is 0 Å². The van der Waals surface area contributed by atoms with Gasteiger partial charge < -0.3 is 14.2 Å². The first kappa shape index (κ1) is 26.6. The molecule has 192 valence electrons. The minimum atomic E-state index is -0.588. The molecule has 7 heteroatoms. The molecule has 0 aromatic heterocycles. The Hall–Kier alpha value is -4.42. The van der Waals surface area contributed by atoms with E-state index >= 15 is 0 Å². The number of halogens is 1. The van der Waals surface area contributed by atoms with Crippen molar-refractivity contribution in [2.24, 2.45) is 4.99 Å². The van der Waals surface area contributed by atoms with Gasteiger partial charge in [-0.2, -0.15) is 0 Å². The van der Waals surface area contributed by atoms with Crippen LogP contribution in [-0.4, -0.2) is 31.2 Å². The van der Waals surface area contributed by atoms with E-state index in [4.69, 9.17) is 25.8 Å². The van der Waals surface area contributed by atoms with Crippen LogP contribution in [0.2, 0.25) is 5.02 Å². The number of benzene rings is 4. The number of esters is 1. The summed E-state index contributed by atoms with van der Waals surface area (Å²) in [6.45, 7) is 2.51. The minimum Gasteiger partial charge on any atom is -0.490 e. The zero-order valence-electron chi connectivity index (χ0n) is 20.8. The highest BCUT2D eigenvalue weighted by Gasteiger charge is 2.12. The molecule has 0 heterocycles. The van der Waals surface area contributed by atoms with Crippen molar-refractivity contribution in [1.82, 2.24) is 0 Å². The van der Waals surface area contributed by atoms with Crippen LogP contribution < -0.4 is 9.47 Å². The van der Waals surface area contributed by atoms with E-state index in [1.54, 1.807) is 54.7 Å². The van der Waals surface area contributed by atoms with Crippen molar-refractivity contribution in [1.29, 1.82) is 0 Å². The van der Waals surface area contributed by atoms with Gasteiger partial charge in [-0.3, -0.25) is 9.79 Å². The summed E-state index contributed by atoms with van der Waals surface area (Å²) in [7, 11) is 0. The number of ether oxygens (including phenoxy) is 3. The molecule has 4 rings (SSSR count). The molecule has 38 heavy (non-hydrogen) atoms. The van der Waals surface area contributed by atoms with Crippen LogP contribution >= 0.6 is 11.6 Å². The maximum Gasteiger partial charge on any atom is 0.338 e. The fourth-order valence-electron chi connectivity index (χ4n) is 3.49. The van der Waals surface area contributed by atoms with Gasteiger partial charge in [0.1, 0.15) is 6.61 Å². The molecule has 4 aromatic carbocycles. The average Bonchev–Trinajstić information content (AvgIpc) is 2.95. The topological polar surface area (TPSA) is 74.2 Å². The monoisotopic (exact) mass is 527 g/mol. The van der Waals surface area contributed by atoms with Crippen molar-refractivity contribution >= 4 is 35.3 Å². The van der Waals surface area contributed by atoms with Crippen molar-refractivity contribution in [3.63, 3.8) is 0 Å². The summed E-state index contributed by atoms with van der Waals surface area (Å²) in [5.74, 6) is 0.401. The van der Waals surface area contributed by atoms with E-state index in [1.807, 2.05) is 55.5 Å². The van der Waals surface area contributed by atoms with Gasteiger partial charge in [0.2, 0.25) is 0 Å². The van der Waals surface area contributed by atoms with Crippen molar-refractivity contribution in [2.75, 3.05) is 13.2 Å². The van der Waals surface area contributed by atoms with Crippen LogP contribution in [0.3, 0.4) is 0 Å². The summed E-state index contributed by atoms with van der Waals surface area (Å²) in [4.78, 5) is 29.0. The number of Topliss-reactive ketones (excluding diaryl/α,β-unsaturated/α-hetero) is 1. The first-order valence-electron chi connectivity index (χ1n) is 12.1. The summed E-state index contributed by atoms with van der Waals surface area (Å²) in [5.41, 5.74) is 3.31. The van der Waals surface area contributed by atoms with Crippen LogP contribution in [0.5, 0.6) is 11.5 Å². The predicted molar refractivity (Wildman–Crippen MR) is 148 cm³/mol. The molecular weight excluding hydrogens is 502 g/mol. The van der Waals surface area contributed by atoms with E-state index in [9.17, 15) is 9.59 Å². The molecule has 0 amide bonds. The Balaban J connectivity index is 1.34.